The first kappa shape index (κ1) is 13.1. The van der Waals surface area contributed by atoms with Crippen LogP contribution in [-0.4, -0.2) is 19.6 Å². The van der Waals surface area contributed by atoms with Crippen LogP contribution in [-0.2, 0) is 6.54 Å². The molecule has 0 radical (unpaired) electrons. The lowest BCUT2D eigenvalue weighted by Crippen LogP contribution is -2.43. The molecule has 1 unspecified atom stereocenters. The van der Waals surface area contributed by atoms with Gasteiger partial charge in [0.1, 0.15) is 0 Å². The molecule has 1 aliphatic rings. The van der Waals surface area contributed by atoms with Gasteiger partial charge in [0.2, 0.25) is 0 Å². The predicted octanol–water partition coefficient (Wildman–Crippen LogP) is 2.86. The van der Waals surface area contributed by atoms with Crippen LogP contribution in [0.25, 0.3) is 0 Å². The van der Waals surface area contributed by atoms with Gasteiger partial charge in [-0.2, -0.15) is 0 Å². The highest BCUT2D eigenvalue weighted by atomic mass is 32.1. The molecule has 0 spiro atoms. The predicted molar refractivity (Wildman–Crippen MR) is 75.4 cm³/mol. The minimum atomic E-state index is 0.394. The molecule has 2 rings (SSSR count). The first-order chi connectivity index (χ1) is 8.18. The van der Waals surface area contributed by atoms with Crippen LogP contribution in [0.15, 0.2) is 17.5 Å². The Kier molecular flexibility index (Phi) is 4.60. The van der Waals surface area contributed by atoms with E-state index in [-0.39, 0.29) is 0 Å². The lowest BCUT2D eigenvalue weighted by Gasteiger charge is -2.37. The van der Waals surface area contributed by atoms with Gasteiger partial charge in [0.25, 0.3) is 0 Å². The molecule has 1 fully saturated rings. The zero-order valence-corrected chi connectivity index (χ0v) is 11.8. The summed E-state index contributed by atoms with van der Waals surface area (Å²) in [4.78, 5) is 1.43. The van der Waals surface area contributed by atoms with Gasteiger partial charge in [-0.05, 0) is 48.7 Å². The van der Waals surface area contributed by atoms with Gasteiger partial charge in [0.05, 0.1) is 0 Å². The third-order valence-corrected chi connectivity index (χ3v) is 4.74. The lowest BCUT2D eigenvalue weighted by atomic mass is 9.75. The average Bonchev–Trinajstić information content (AvgIpc) is 2.83. The van der Waals surface area contributed by atoms with Gasteiger partial charge < -0.3 is 10.6 Å². The molecule has 1 aromatic rings. The van der Waals surface area contributed by atoms with E-state index in [9.17, 15) is 0 Å². The molecule has 0 aromatic carbocycles. The van der Waals surface area contributed by atoms with Crippen molar-refractivity contribution in [3.63, 3.8) is 0 Å². The third kappa shape index (κ3) is 3.80. The van der Waals surface area contributed by atoms with E-state index in [1.165, 1.54) is 30.8 Å². The highest BCUT2D eigenvalue weighted by Crippen LogP contribution is 2.31. The van der Waals surface area contributed by atoms with Crippen molar-refractivity contribution in [1.29, 1.82) is 0 Å². The number of nitrogens with one attached hydrogen (secondary N) is 2. The Morgan fingerprint density at radius 1 is 1.53 bits per heavy atom. The van der Waals surface area contributed by atoms with Crippen LogP contribution >= 0.6 is 11.3 Å². The third-order valence-electron chi connectivity index (χ3n) is 3.86. The van der Waals surface area contributed by atoms with Crippen LogP contribution in [0.5, 0.6) is 0 Å². The zero-order chi connectivity index (χ0) is 12.1. The van der Waals surface area contributed by atoms with Crippen molar-refractivity contribution in [3.05, 3.63) is 22.4 Å². The molecule has 2 N–H and O–H groups in total. The largest absolute Gasteiger partial charge is 0.316 e. The Hall–Kier alpha value is -0.380. The molecule has 2 nitrogen and oxygen atoms in total. The molecule has 96 valence electrons. The second-order valence-electron chi connectivity index (χ2n) is 5.71. The summed E-state index contributed by atoms with van der Waals surface area (Å²) in [7, 11) is 0. The SMILES string of the molecule is CC(C)(CNCc1cccs1)C1CCCNC1. The number of thiophene rings is 1. The molecule has 17 heavy (non-hydrogen) atoms. The van der Waals surface area contributed by atoms with Gasteiger partial charge in [-0.15, -0.1) is 11.3 Å². The van der Waals surface area contributed by atoms with Gasteiger partial charge >= 0.3 is 0 Å². The van der Waals surface area contributed by atoms with Crippen molar-refractivity contribution in [3.8, 4) is 0 Å². The van der Waals surface area contributed by atoms with Gasteiger partial charge in [-0.3, -0.25) is 0 Å². The number of hydrogen-bond acceptors (Lipinski definition) is 3. The summed E-state index contributed by atoms with van der Waals surface area (Å²) >= 11 is 1.83. The standard InChI is InChI=1S/C14H24N2S/c1-14(2,12-5-3-7-15-9-12)11-16-10-13-6-4-8-17-13/h4,6,8,12,15-16H,3,5,7,9-11H2,1-2H3. The molecule has 1 atom stereocenters. The highest BCUT2D eigenvalue weighted by molar-refractivity contribution is 7.09. The molecule has 1 aliphatic heterocycles. The number of hydrogen-bond donors (Lipinski definition) is 2. The highest BCUT2D eigenvalue weighted by Gasteiger charge is 2.29. The summed E-state index contributed by atoms with van der Waals surface area (Å²) < 4.78 is 0. The zero-order valence-electron chi connectivity index (χ0n) is 11.0. The van der Waals surface area contributed by atoms with Crippen molar-refractivity contribution < 1.29 is 0 Å². The Labute approximate surface area is 109 Å². The maximum atomic E-state index is 3.61. The van der Waals surface area contributed by atoms with E-state index in [0.717, 1.165) is 19.0 Å². The van der Waals surface area contributed by atoms with Crippen molar-refractivity contribution in [2.75, 3.05) is 19.6 Å². The fourth-order valence-electron chi connectivity index (χ4n) is 2.58. The normalized spacial score (nSPS) is 21.6. The van der Waals surface area contributed by atoms with E-state index in [4.69, 9.17) is 0 Å². The van der Waals surface area contributed by atoms with Crippen molar-refractivity contribution in [2.45, 2.75) is 33.2 Å². The van der Waals surface area contributed by atoms with Gasteiger partial charge in [-0.1, -0.05) is 19.9 Å². The van der Waals surface area contributed by atoms with Crippen LogP contribution in [0, 0.1) is 11.3 Å². The summed E-state index contributed by atoms with van der Waals surface area (Å²) in [5.41, 5.74) is 0.394. The molecule has 0 saturated carbocycles. The molecule has 1 aromatic heterocycles. The average molecular weight is 252 g/mol. The maximum absolute atomic E-state index is 3.61. The topological polar surface area (TPSA) is 24.1 Å². The van der Waals surface area contributed by atoms with Gasteiger partial charge in [-0.25, -0.2) is 0 Å². The van der Waals surface area contributed by atoms with Crippen LogP contribution in [0.2, 0.25) is 0 Å². The quantitative estimate of drug-likeness (QED) is 0.842. The van der Waals surface area contributed by atoms with Crippen LogP contribution in [0.1, 0.15) is 31.6 Å². The summed E-state index contributed by atoms with van der Waals surface area (Å²) in [6.07, 6.45) is 2.71. The van der Waals surface area contributed by atoms with Crippen LogP contribution < -0.4 is 10.6 Å². The molecule has 0 amide bonds. The molecule has 0 aliphatic carbocycles. The Balaban J connectivity index is 1.76. The smallest absolute Gasteiger partial charge is 0.0299 e. The summed E-state index contributed by atoms with van der Waals surface area (Å²) in [6, 6.07) is 4.32. The molecular weight excluding hydrogens is 228 g/mol. The van der Waals surface area contributed by atoms with Crippen LogP contribution in [0.3, 0.4) is 0 Å². The molecular formula is C14H24N2S. The molecule has 0 bridgehead atoms. The van der Waals surface area contributed by atoms with Crippen molar-refractivity contribution in [1.82, 2.24) is 10.6 Å². The number of rotatable bonds is 5. The van der Waals surface area contributed by atoms with E-state index in [2.05, 4.69) is 42.0 Å². The van der Waals surface area contributed by atoms with Crippen molar-refractivity contribution in [2.24, 2.45) is 11.3 Å². The molecule has 3 heteroatoms. The monoisotopic (exact) mass is 252 g/mol. The van der Waals surface area contributed by atoms with Crippen molar-refractivity contribution >= 4 is 11.3 Å². The number of piperidine rings is 1. The lowest BCUT2D eigenvalue weighted by molar-refractivity contribution is 0.166. The minimum absolute atomic E-state index is 0.394. The van der Waals surface area contributed by atoms with Gasteiger partial charge in [0.15, 0.2) is 0 Å². The minimum Gasteiger partial charge on any atom is -0.316 e. The Morgan fingerprint density at radius 2 is 2.41 bits per heavy atom. The fourth-order valence-corrected chi connectivity index (χ4v) is 3.26. The van der Waals surface area contributed by atoms with E-state index in [1.54, 1.807) is 0 Å². The molecule has 2 heterocycles. The van der Waals surface area contributed by atoms with E-state index < -0.39 is 0 Å². The molecule has 1 saturated heterocycles. The second-order valence-corrected chi connectivity index (χ2v) is 6.75. The van der Waals surface area contributed by atoms with E-state index in [1.807, 2.05) is 11.3 Å². The van der Waals surface area contributed by atoms with Crippen LogP contribution in [0.4, 0.5) is 0 Å². The first-order valence-electron chi connectivity index (χ1n) is 6.62. The van der Waals surface area contributed by atoms with Gasteiger partial charge in [0, 0.05) is 18.0 Å². The Bertz CT molecular complexity index is 313. The van der Waals surface area contributed by atoms with E-state index >= 15 is 0 Å². The van der Waals surface area contributed by atoms with E-state index in [0.29, 0.717) is 5.41 Å². The summed E-state index contributed by atoms with van der Waals surface area (Å²) in [5, 5.41) is 9.27. The maximum Gasteiger partial charge on any atom is 0.0299 e. The Morgan fingerprint density at radius 3 is 3.06 bits per heavy atom. The summed E-state index contributed by atoms with van der Waals surface area (Å²) in [6.45, 7) is 9.31. The fraction of sp³-hybridized carbons (Fsp3) is 0.714. The first-order valence-corrected chi connectivity index (χ1v) is 7.50. The summed E-state index contributed by atoms with van der Waals surface area (Å²) in [5.74, 6) is 0.812. The second kappa shape index (κ2) is 5.98.